The molecule has 1 aliphatic rings. The summed E-state index contributed by atoms with van der Waals surface area (Å²) >= 11 is 0. The van der Waals surface area contributed by atoms with Crippen molar-refractivity contribution in [3.05, 3.63) is 28.4 Å². The maximum atomic E-state index is 10.6. The Bertz CT molecular complexity index is 447. The van der Waals surface area contributed by atoms with E-state index in [-0.39, 0.29) is 5.69 Å². The third-order valence-corrected chi connectivity index (χ3v) is 3.58. The van der Waals surface area contributed by atoms with Gasteiger partial charge < -0.3 is 5.32 Å². The number of nitro groups is 1. The zero-order valence-corrected chi connectivity index (χ0v) is 12.1. The van der Waals surface area contributed by atoms with Crippen molar-refractivity contribution in [2.45, 2.75) is 32.7 Å². The number of aromatic nitrogens is 1. The third-order valence-electron chi connectivity index (χ3n) is 3.58. The molecular weight excluding hydrogens is 256 g/mol. The molecule has 1 saturated heterocycles. The van der Waals surface area contributed by atoms with Gasteiger partial charge in [0.25, 0.3) is 5.69 Å². The van der Waals surface area contributed by atoms with Crippen LogP contribution in [0.4, 0.5) is 11.5 Å². The maximum absolute atomic E-state index is 10.6. The highest BCUT2D eigenvalue weighted by atomic mass is 16.6. The lowest BCUT2D eigenvalue weighted by molar-refractivity contribution is -0.385. The van der Waals surface area contributed by atoms with Crippen LogP contribution in [-0.4, -0.2) is 40.5 Å². The molecule has 6 heteroatoms. The zero-order valence-electron chi connectivity index (χ0n) is 12.1. The molecule has 1 aromatic heterocycles. The van der Waals surface area contributed by atoms with E-state index in [1.165, 1.54) is 25.1 Å². The number of pyridine rings is 1. The van der Waals surface area contributed by atoms with Crippen molar-refractivity contribution in [2.75, 3.05) is 25.0 Å². The minimum atomic E-state index is -0.432. The summed E-state index contributed by atoms with van der Waals surface area (Å²) in [5, 5.41) is 13.8. The van der Waals surface area contributed by atoms with E-state index in [1.54, 1.807) is 6.07 Å². The monoisotopic (exact) mass is 278 g/mol. The van der Waals surface area contributed by atoms with Crippen LogP contribution < -0.4 is 5.32 Å². The van der Waals surface area contributed by atoms with Gasteiger partial charge in [0.15, 0.2) is 0 Å². The van der Waals surface area contributed by atoms with Crippen molar-refractivity contribution in [1.29, 1.82) is 0 Å². The van der Waals surface area contributed by atoms with E-state index >= 15 is 0 Å². The van der Waals surface area contributed by atoms with Crippen LogP contribution in [0.1, 0.15) is 26.7 Å². The Labute approximate surface area is 119 Å². The molecule has 2 rings (SSSR count). The average Bonchev–Trinajstić information content (AvgIpc) is 2.83. The molecule has 1 aromatic rings. The smallest absolute Gasteiger partial charge is 0.287 e. The van der Waals surface area contributed by atoms with Crippen molar-refractivity contribution in [3.8, 4) is 0 Å². The number of hydrogen-bond acceptors (Lipinski definition) is 5. The van der Waals surface area contributed by atoms with Crippen LogP contribution in [0.3, 0.4) is 0 Å². The van der Waals surface area contributed by atoms with Crippen LogP contribution in [0.5, 0.6) is 0 Å². The number of hydrogen-bond donors (Lipinski definition) is 1. The Hall–Kier alpha value is -1.69. The summed E-state index contributed by atoms with van der Waals surface area (Å²) in [5.41, 5.74) is 0.0258. The molecule has 0 aromatic carbocycles. The maximum Gasteiger partial charge on any atom is 0.287 e. The predicted molar refractivity (Wildman–Crippen MR) is 78.8 cm³/mol. The number of nitrogens with zero attached hydrogens (tertiary/aromatic N) is 3. The first-order valence-electron chi connectivity index (χ1n) is 7.14. The van der Waals surface area contributed by atoms with Gasteiger partial charge in [0.05, 0.1) is 4.92 Å². The van der Waals surface area contributed by atoms with E-state index in [2.05, 4.69) is 29.0 Å². The topological polar surface area (TPSA) is 71.3 Å². The van der Waals surface area contributed by atoms with Gasteiger partial charge in [-0.25, -0.2) is 4.98 Å². The molecule has 1 N–H and O–H groups in total. The Kier molecular flexibility index (Phi) is 4.89. The standard InChI is InChI=1S/C14H22N4O2/c1-11(2)10-17-7-3-4-12(17)8-15-14-6-5-13(9-16-14)18(19)20/h5-6,9,11-12H,3-4,7-8,10H2,1-2H3,(H,15,16)/t12-/m1/s1. The molecule has 0 unspecified atom stereocenters. The largest absolute Gasteiger partial charge is 0.368 e. The molecule has 1 atom stereocenters. The molecule has 6 nitrogen and oxygen atoms in total. The summed E-state index contributed by atoms with van der Waals surface area (Å²) in [4.78, 5) is 16.7. The molecule has 1 fully saturated rings. The Morgan fingerprint density at radius 2 is 2.35 bits per heavy atom. The Morgan fingerprint density at radius 3 is 2.95 bits per heavy atom. The molecule has 0 radical (unpaired) electrons. The normalized spacial score (nSPS) is 19.4. The van der Waals surface area contributed by atoms with Gasteiger partial charge in [-0.15, -0.1) is 0 Å². The lowest BCUT2D eigenvalue weighted by Gasteiger charge is -2.26. The first-order valence-corrected chi connectivity index (χ1v) is 7.14. The molecule has 0 amide bonds. The van der Waals surface area contributed by atoms with E-state index in [4.69, 9.17) is 0 Å². The molecule has 20 heavy (non-hydrogen) atoms. The Balaban J connectivity index is 1.86. The molecule has 0 spiro atoms. The van der Waals surface area contributed by atoms with Gasteiger partial charge in [0, 0.05) is 25.2 Å². The summed E-state index contributed by atoms with van der Waals surface area (Å²) in [6, 6.07) is 3.69. The van der Waals surface area contributed by atoms with Gasteiger partial charge in [-0.2, -0.15) is 0 Å². The van der Waals surface area contributed by atoms with E-state index in [0.29, 0.717) is 17.8 Å². The van der Waals surface area contributed by atoms with Crippen molar-refractivity contribution < 1.29 is 4.92 Å². The highest BCUT2D eigenvalue weighted by Gasteiger charge is 2.24. The summed E-state index contributed by atoms with van der Waals surface area (Å²) < 4.78 is 0. The molecule has 2 heterocycles. The van der Waals surface area contributed by atoms with Gasteiger partial charge in [-0.1, -0.05) is 13.8 Å². The number of likely N-dealkylation sites (tertiary alicyclic amines) is 1. The SMILES string of the molecule is CC(C)CN1CCC[C@@H]1CNc1ccc([N+](=O)[O-])cn1. The first-order chi connectivity index (χ1) is 9.56. The minimum absolute atomic E-state index is 0.0258. The second kappa shape index (κ2) is 6.65. The quantitative estimate of drug-likeness (QED) is 0.639. The average molecular weight is 278 g/mol. The van der Waals surface area contributed by atoms with Crippen LogP contribution in [0, 0.1) is 16.0 Å². The number of nitrogens with one attached hydrogen (secondary N) is 1. The lowest BCUT2D eigenvalue weighted by Crippen LogP contribution is -2.37. The van der Waals surface area contributed by atoms with Crippen molar-refractivity contribution in [2.24, 2.45) is 5.92 Å². The third kappa shape index (κ3) is 3.90. The molecule has 0 aliphatic carbocycles. The van der Waals surface area contributed by atoms with Crippen molar-refractivity contribution >= 4 is 11.5 Å². The summed E-state index contributed by atoms with van der Waals surface area (Å²) in [5.74, 6) is 1.38. The fourth-order valence-corrected chi connectivity index (χ4v) is 2.66. The van der Waals surface area contributed by atoms with E-state index in [9.17, 15) is 10.1 Å². The van der Waals surface area contributed by atoms with Crippen LogP contribution in [0.15, 0.2) is 18.3 Å². The molecule has 110 valence electrons. The van der Waals surface area contributed by atoms with Crippen LogP contribution >= 0.6 is 0 Å². The molecule has 0 bridgehead atoms. The van der Waals surface area contributed by atoms with Crippen molar-refractivity contribution in [1.82, 2.24) is 9.88 Å². The van der Waals surface area contributed by atoms with Crippen LogP contribution in [0.2, 0.25) is 0 Å². The van der Waals surface area contributed by atoms with Gasteiger partial charge in [0.1, 0.15) is 12.0 Å². The summed E-state index contributed by atoms with van der Waals surface area (Å²) in [6.45, 7) is 7.61. The summed E-state index contributed by atoms with van der Waals surface area (Å²) in [6.07, 6.45) is 3.74. The van der Waals surface area contributed by atoms with Crippen molar-refractivity contribution in [3.63, 3.8) is 0 Å². The zero-order chi connectivity index (χ0) is 14.5. The van der Waals surface area contributed by atoms with E-state index < -0.39 is 4.92 Å². The van der Waals surface area contributed by atoms with Crippen LogP contribution in [-0.2, 0) is 0 Å². The second-order valence-corrected chi connectivity index (χ2v) is 5.72. The van der Waals surface area contributed by atoms with E-state index in [1.807, 2.05) is 0 Å². The molecule has 0 saturated carbocycles. The predicted octanol–water partition coefficient (Wildman–Crippen LogP) is 2.52. The second-order valence-electron chi connectivity index (χ2n) is 5.72. The highest BCUT2D eigenvalue weighted by molar-refractivity contribution is 5.40. The lowest BCUT2D eigenvalue weighted by atomic mass is 10.1. The number of rotatable bonds is 6. The van der Waals surface area contributed by atoms with Gasteiger partial charge in [-0.05, 0) is 31.4 Å². The van der Waals surface area contributed by atoms with E-state index in [0.717, 1.165) is 19.6 Å². The number of anilines is 1. The summed E-state index contributed by atoms with van der Waals surface area (Å²) in [7, 11) is 0. The fourth-order valence-electron chi connectivity index (χ4n) is 2.66. The molecular formula is C14H22N4O2. The van der Waals surface area contributed by atoms with Crippen LogP contribution in [0.25, 0.3) is 0 Å². The van der Waals surface area contributed by atoms with Gasteiger partial charge >= 0.3 is 0 Å². The van der Waals surface area contributed by atoms with Gasteiger partial charge in [0.2, 0.25) is 0 Å². The molecule has 1 aliphatic heterocycles. The first kappa shape index (κ1) is 14.7. The minimum Gasteiger partial charge on any atom is -0.368 e. The fraction of sp³-hybridized carbons (Fsp3) is 0.643. The van der Waals surface area contributed by atoms with Gasteiger partial charge in [-0.3, -0.25) is 15.0 Å². The highest BCUT2D eigenvalue weighted by Crippen LogP contribution is 2.19. The Morgan fingerprint density at radius 1 is 1.55 bits per heavy atom.